The van der Waals surface area contributed by atoms with Crippen molar-refractivity contribution in [1.82, 2.24) is 0 Å². The van der Waals surface area contributed by atoms with Crippen LogP contribution >= 0.6 is 7.92 Å². The molecule has 1 N–H and O–H groups in total. The van der Waals surface area contributed by atoms with E-state index in [9.17, 15) is 0 Å². The van der Waals surface area contributed by atoms with Crippen molar-refractivity contribution in [2.45, 2.75) is 38.0 Å². The first-order chi connectivity index (χ1) is 4.25. The maximum absolute atomic E-state index is 8.94. The first kappa shape index (κ1) is 7.50. The zero-order chi connectivity index (χ0) is 6.85. The van der Waals surface area contributed by atoms with Gasteiger partial charge in [-0.1, -0.05) is 21.8 Å². The van der Waals surface area contributed by atoms with Crippen molar-refractivity contribution in [1.29, 1.82) is 0 Å². The minimum absolute atomic E-state index is 0.00977. The predicted octanol–water partition coefficient (Wildman–Crippen LogP) is 1.99. The highest BCUT2D eigenvalue weighted by Gasteiger charge is 2.28. The maximum Gasteiger partial charge on any atom is 0.0629 e. The molecule has 54 valence electrons. The molecule has 1 heterocycles. The SMILES string of the molecule is C[C@@H]1CC[C@@H](C)P1CO. The normalized spacial score (nSPS) is 37.7. The molecule has 2 heteroatoms. The number of aliphatic hydroxyl groups excluding tert-OH is 1. The van der Waals surface area contributed by atoms with Crippen LogP contribution in [-0.4, -0.2) is 22.8 Å². The smallest absolute Gasteiger partial charge is 0.0629 e. The van der Waals surface area contributed by atoms with E-state index in [1.165, 1.54) is 12.8 Å². The monoisotopic (exact) mass is 146 g/mol. The Morgan fingerprint density at radius 1 is 1.33 bits per heavy atom. The van der Waals surface area contributed by atoms with Crippen molar-refractivity contribution >= 4 is 7.92 Å². The summed E-state index contributed by atoms with van der Waals surface area (Å²) in [6.07, 6.45) is 3.14. The van der Waals surface area contributed by atoms with E-state index in [1.54, 1.807) is 0 Å². The van der Waals surface area contributed by atoms with Crippen LogP contribution < -0.4 is 0 Å². The summed E-state index contributed by atoms with van der Waals surface area (Å²) < 4.78 is 0. The summed E-state index contributed by atoms with van der Waals surface area (Å²) in [6.45, 7) is 4.54. The van der Waals surface area contributed by atoms with Crippen molar-refractivity contribution < 1.29 is 5.11 Å². The van der Waals surface area contributed by atoms with E-state index in [1.807, 2.05) is 0 Å². The van der Waals surface area contributed by atoms with E-state index in [4.69, 9.17) is 5.11 Å². The van der Waals surface area contributed by atoms with Crippen LogP contribution in [0.5, 0.6) is 0 Å². The lowest BCUT2D eigenvalue weighted by molar-refractivity contribution is 0.368. The van der Waals surface area contributed by atoms with Gasteiger partial charge in [-0.25, -0.2) is 0 Å². The van der Waals surface area contributed by atoms with Crippen molar-refractivity contribution in [2.24, 2.45) is 0 Å². The summed E-state index contributed by atoms with van der Waals surface area (Å²) in [4.78, 5) is 0. The molecule has 2 atom stereocenters. The topological polar surface area (TPSA) is 20.2 Å². The predicted molar refractivity (Wildman–Crippen MR) is 42.2 cm³/mol. The maximum atomic E-state index is 8.94. The highest BCUT2D eigenvalue weighted by molar-refractivity contribution is 7.59. The highest BCUT2D eigenvalue weighted by atomic mass is 31.1. The standard InChI is InChI=1S/C7H15OP/c1-6-3-4-7(2)9(6)5-8/h6-8H,3-5H2,1-2H3/t6-,7-/m1/s1. The molecule has 0 saturated carbocycles. The third-order valence-electron chi connectivity index (χ3n) is 2.30. The van der Waals surface area contributed by atoms with Gasteiger partial charge >= 0.3 is 0 Å². The van der Waals surface area contributed by atoms with Crippen LogP contribution in [0.4, 0.5) is 0 Å². The average molecular weight is 146 g/mol. The quantitative estimate of drug-likeness (QED) is 0.561. The largest absolute Gasteiger partial charge is 0.392 e. The third kappa shape index (κ3) is 1.45. The minimum Gasteiger partial charge on any atom is -0.392 e. The molecule has 0 bridgehead atoms. The Balaban J connectivity index is 2.44. The number of hydrogen-bond donors (Lipinski definition) is 1. The summed E-state index contributed by atoms with van der Waals surface area (Å²) in [5, 5.41) is 8.94. The van der Waals surface area contributed by atoms with E-state index in [0.29, 0.717) is 6.35 Å². The van der Waals surface area contributed by atoms with Crippen molar-refractivity contribution in [3.8, 4) is 0 Å². The Kier molecular flexibility index (Phi) is 2.49. The lowest BCUT2D eigenvalue weighted by Gasteiger charge is -2.16. The molecular weight excluding hydrogens is 131 g/mol. The molecule has 0 aromatic carbocycles. The lowest BCUT2D eigenvalue weighted by atomic mass is 10.2. The Labute approximate surface area is 58.2 Å². The molecular formula is C7H15OP. The second kappa shape index (κ2) is 2.98. The van der Waals surface area contributed by atoms with Gasteiger partial charge < -0.3 is 5.11 Å². The van der Waals surface area contributed by atoms with Crippen LogP contribution in [0.25, 0.3) is 0 Å². The second-order valence-corrected chi connectivity index (χ2v) is 6.01. The van der Waals surface area contributed by atoms with Crippen LogP contribution in [0, 0.1) is 0 Å². The number of hydrogen-bond acceptors (Lipinski definition) is 1. The molecule has 1 fully saturated rings. The van der Waals surface area contributed by atoms with E-state index in [-0.39, 0.29) is 7.92 Å². The van der Waals surface area contributed by atoms with Gasteiger partial charge in [-0.3, -0.25) is 0 Å². The first-order valence-corrected chi connectivity index (χ1v) is 5.29. The van der Waals surface area contributed by atoms with E-state index < -0.39 is 0 Å². The molecule has 1 aliphatic rings. The summed E-state index contributed by atoms with van der Waals surface area (Å²) >= 11 is 0. The van der Waals surface area contributed by atoms with Crippen LogP contribution in [0.3, 0.4) is 0 Å². The van der Waals surface area contributed by atoms with Gasteiger partial charge in [0.1, 0.15) is 0 Å². The summed E-state index contributed by atoms with van der Waals surface area (Å²) in [5.74, 6) is 0. The summed E-state index contributed by atoms with van der Waals surface area (Å²) in [5.41, 5.74) is 1.64. The highest BCUT2D eigenvalue weighted by Crippen LogP contribution is 2.54. The molecule has 0 aromatic heterocycles. The van der Waals surface area contributed by atoms with Gasteiger partial charge in [0.25, 0.3) is 0 Å². The van der Waals surface area contributed by atoms with Gasteiger partial charge in [0.15, 0.2) is 0 Å². The van der Waals surface area contributed by atoms with E-state index in [2.05, 4.69) is 13.8 Å². The molecule has 1 saturated heterocycles. The third-order valence-corrected chi connectivity index (χ3v) is 5.41. The zero-order valence-electron chi connectivity index (χ0n) is 6.17. The molecule has 0 radical (unpaired) electrons. The van der Waals surface area contributed by atoms with Crippen LogP contribution in [-0.2, 0) is 0 Å². The van der Waals surface area contributed by atoms with Crippen LogP contribution in [0.15, 0.2) is 0 Å². The van der Waals surface area contributed by atoms with E-state index >= 15 is 0 Å². The molecule has 0 aliphatic carbocycles. The molecule has 1 rings (SSSR count). The summed E-state index contributed by atoms with van der Waals surface area (Å²) in [6, 6.07) is 0. The van der Waals surface area contributed by atoms with Crippen LogP contribution in [0.2, 0.25) is 0 Å². The number of rotatable bonds is 1. The van der Waals surface area contributed by atoms with Gasteiger partial charge in [0, 0.05) is 0 Å². The average Bonchev–Trinajstić information content (AvgIpc) is 2.12. The second-order valence-electron chi connectivity index (χ2n) is 2.93. The molecule has 1 aliphatic heterocycles. The van der Waals surface area contributed by atoms with Gasteiger partial charge in [0.2, 0.25) is 0 Å². The van der Waals surface area contributed by atoms with Gasteiger partial charge in [-0.2, -0.15) is 0 Å². The van der Waals surface area contributed by atoms with E-state index in [0.717, 1.165) is 11.3 Å². The van der Waals surface area contributed by atoms with Crippen molar-refractivity contribution in [3.63, 3.8) is 0 Å². The van der Waals surface area contributed by atoms with Gasteiger partial charge in [-0.15, -0.1) is 0 Å². The molecule has 1 nitrogen and oxygen atoms in total. The molecule has 9 heavy (non-hydrogen) atoms. The fraction of sp³-hybridized carbons (Fsp3) is 1.00. The molecule has 0 amide bonds. The molecule has 0 spiro atoms. The van der Waals surface area contributed by atoms with Gasteiger partial charge in [0.05, 0.1) is 6.35 Å². The fourth-order valence-corrected chi connectivity index (χ4v) is 3.92. The number of aliphatic hydroxyl groups is 1. The van der Waals surface area contributed by atoms with Crippen molar-refractivity contribution in [2.75, 3.05) is 6.35 Å². The lowest BCUT2D eigenvalue weighted by Crippen LogP contribution is -1.99. The Morgan fingerprint density at radius 3 is 2.00 bits per heavy atom. The Morgan fingerprint density at radius 2 is 1.78 bits per heavy atom. The molecule has 0 aromatic rings. The summed E-state index contributed by atoms with van der Waals surface area (Å²) in [7, 11) is -0.00977. The van der Waals surface area contributed by atoms with Crippen LogP contribution in [0.1, 0.15) is 26.7 Å². The minimum atomic E-state index is -0.00977. The van der Waals surface area contributed by atoms with Gasteiger partial charge in [-0.05, 0) is 24.2 Å². The Hall–Kier alpha value is 0.390. The Bertz CT molecular complexity index is 84.9. The first-order valence-electron chi connectivity index (χ1n) is 3.62. The molecule has 0 unspecified atom stereocenters. The fourth-order valence-electron chi connectivity index (χ4n) is 1.53. The zero-order valence-corrected chi connectivity index (χ0v) is 7.06. The van der Waals surface area contributed by atoms with Crippen molar-refractivity contribution in [3.05, 3.63) is 0 Å².